The van der Waals surface area contributed by atoms with Gasteiger partial charge in [-0.25, -0.2) is 4.79 Å². The number of methoxy groups -OCH3 is 1. The Hall–Kier alpha value is -2.65. The van der Waals surface area contributed by atoms with Gasteiger partial charge in [-0.15, -0.1) is 0 Å². The van der Waals surface area contributed by atoms with Gasteiger partial charge in [0, 0.05) is 58.2 Å². The fraction of sp³-hybridized carbons (Fsp3) is 0.571. The molecular formula is C21H33N5O4. The zero-order valence-corrected chi connectivity index (χ0v) is 18.1. The standard InChI is InChI=1S/C21H33N5O4/c1-16(2)23-19(27)15-25-10-12-26(13-11-25)21(22-9-4-14-30-3)24-18-7-5-17(6-8-18)20(28)29/h5-8,16H,4,9-15H2,1-3H3,(H,22,24)(H,23,27)(H,28,29). The number of hydrogen-bond acceptors (Lipinski definition) is 5. The van der Waals surface area contributed by atoms with Crippen LogP contribution < -0.4 is 10.6 Å². The van der Waals surface area contributed by atoms with Gasteiger partial charge < -0.3 is 25.4 Å². The number of piperazine rings is 1. The highest BCUT2D eigenvalue weighted by Crippen LogP contribution is 2.12. The molecule has 30 heavy (non-hydrogen) atoms. The lowest BCUT2D eigenvalue weighted by Crippen LogP contribution is -2.53. The molecule has 1 amide bonds. The number of carbonyl (C=O) groups is 2. The van der Waals surface area contributed by atoms with Crippen molar-refractivity contribution in [2.75, 3.05) is 58.3 Å². The Bertz CT molecular complexity index is 713. The lowest BCUT2D eigenvalue weighted by atomic mass is 10.2. The Labute approximate surface area is 178 Å². The van der Waals surface area contributed by atoms with Crippen LogP contribution in [0, 0.1) is 0 Å². The van der Waals surface area contributed by atoms with Crippen LogP contribution in [-0.2, 0) is 9.53 Å². The van der Waals surface area contributed by atoms with E-state index in [0.717, 1.165) is 44.2 Å². The maximum atomic E-state index is 12.0. The molecule has 2 rings (SSSR count). The largest absolute Gasteiger partial charge is 0.478 e. The summed E-state index contributed by atoms with van der Waals surface area (Å²) >= 11 is 0. The first-order chi connectivity index (χ1) is 14.4. The Morgan fingerprint density at radius 1 is 1.17 bits per heavy atom. The van der Waals surface area contributed by atoms with Crippen LogP contribution in [-0.4, -0.2) is 91.8 Å². The Kier molecular flexibility index (Phi) is 9.56. The maximum absolute atomic E-state index is 12.0. The second-order valence-corrected chi connectivity index (χ2v) is 7.54. The summed E-state index contributed by atoms with van der Waals surface area (Å²) in [6.07, 6.45) is 0.814. The van der Waals surface area contributed by atoms with Crippen molar-refractivity contribution < 1.29 is 19.4 Å². The van der Waals surface area contributed by atoms with Crippen LogP contribution >= 0.6 is 0 Å². The molecule has 0 aliphatic carbocycles. The summed E-state index contributed by atoms with van der Waals surface area (Å²) in [5, 5.41) is 15.3. The third-order valence-corrected chi connectivity index (χ3v) is 4.64. The van der Waals surface area contributed by atoms with Crippen molar-refractivity contribution in [3.63, 3.8) is 0 Å². The Morgan fingerprint density at radius 2 is 1.83 bits per heavy atom. The molecule has 1 heterocycles. The summed E-state index contributed by atoms with van der Waals surface area (Å²) in [4.78, 5) is 32.1. The molecule has 9 heteroatoms. The number of nitrogens with zero attached hydrogens (tertiary/aromatic N) is 3. The highest BCUT2D eigenvalue weighted by molar-refractivity contribution is 5.94. The molecular weight excluding hydrogens is 386 g/mol. The fourth-order valence-electron chi connectivity index (χ4n) is 3.13. The molecule has 0 radical (unpaired) electrons. The number of benzene rings is 1. The summed E-state index contributed by atoms with van der Waals surface area (Å²) in [7, 11) is 1.67. The Balaban J connectivity index is 1.97. The van der Waals surface area contributed by atoms with E-state index in [0.29, 0.717) is 19.7 Å². The second kappa shape index (κ2) is 12.1. The topological polar surface area (TPSA) is 106 Å². The lowest BCUT2D eigenvalue weighted by molar-refractivity contribution is -0.123. The van der Waals surface area contributed by atoms with Crippen molar-refractivity contribution in [3.8, 4) is 0 Å². The highest BCUT2D eigenvalue weighted by atomic mass is 16.5. The zero-order valence-electron chi connectivity index (χ0n) is 18.1. The number of guanidine groups is 1. The molecule has 1 saturated heterocycles. The number of rotatable bonds is 9. The van der Waals surface area contributed by atoms with Gasteiger partial charge in [-0.3, -0.25) is 14.7 Å². The number of carboxylic acids is 1. The number of nitrogens with one attached hydrogen (secondary N) is 2. The summed E-state index contributed by atoms with van der Waals surface area (Å²) in [5.74, 6) is -0.156. The summed E-state index contributed by atoms with van der Waals surface area (Å²) in [6.45, 7) is 8.61. The molecule has 0 aromatic heterocycles. The monoisotopic (exact) mass is 419 g/mol. The van der Waals surface area contributed by atoms with Crippen LogP contribution in [0.25, 0.3) is 0 Å². The predicted molar refractivity (Wildman–Crippen MR) is 117 cm³/mol. The van der Waals surface area contributed by atoms with Gasteiger partial charge in [0.05, 0.1) is 12.1 Å². The van der Waals surface area contributed by atoms with Gasteiger partial charge >= 0.3 is 5.97 Å². The van der Waals surface area contributed by atoms with Gasteiger partial charge in [0.25, 0.3) is 0 Å². The minimum atomic E-state index is -0.951. The average Bonchev–Trinajstić information content (AvgIpc) is 2.70. The predicted octanol–water partition coefficient (Wildman–Crippen LogP) is 1.33. The molecule has 0 bridgehead atoms. The van der Waals surface area contributed by atoms with Crippen molar-refractivity contribution in [2.24, 2.45) is 4.99 Å². The van der Waals surface area contributed by atoms with E-state index in [4.69, 9.17) is 14.8 Å². The first-order valence-corrected chi connectivity index (χ1v) is 10.3. The van der Waals surface area contributed by atoms with E-state index in [9.17, 15) is 9.59 Å². The van der Waals surface area contributed by atoms with Gasteiger partial charge in [0.15, 0.2) is 5.96 Å². The quantitative estimate of drug-likeness (QED) is 0.315. The smallest absolute Gasteiger partial charge is 0.335 e. The van der Waals surface area contributed by atoms with Crippen molar-refractivity contribution >= 4 is 23.5 Å². The molecule has 9 nitrogen and oxygen atoms in total. The lowest BCUT2D eigenvalue weighted by Gasteiger charge is -2.36. The molecule has 0 atom stereocenters. The van der Waals surface area contributed by atoms with Crippen LogP contribution in [0.4, 0.5) is 5.69 Å². The fourth-order valence-corrected chi connectivity index (χ4v) is 3.13. The van der Waals surface area contributed by atoms with E-state index in [1.807, 2.05) is 13.8 Å². The van der Waals surface area contributed by atoms with Gasteiger partial charge in [0.2, 0.25) is 5.91 Å². The molecule has 0 saturated carbocycles. The van der Waals surface area contributed by atoms with Crippen LogP contribution in [0.5, 0.6) is 0 Å². The highest BCUT2D eigenvalue weighted by Gasteiger charge is 2.21. The van der Waals surface area contributed by atoms with E-state index in [1.54, 1.807) is 31.4 Å². The third-order valence-electron chi connectivity index (χ3n) is 4.64. The average molecular weight is 420 g/mol. The number of aliphatic imine (C=N–C) groups is 1. The summed E-state index contributed by atoms with van der Waals surface area (Å²) in [6, 6.07) is 6.75. The number of aromatic carboxylic acids is 1. The molecule has 1 aromatic rings. The molecule has 3 N–H and O–H groups in total. The molecule has 1 aliphatic rings. The van der Waals surface area contributed by atoms with Crippen molar-refractivity contribution in [1.82, 2.24) is 15.1 Å². The van der Waals surface area contributed by atoms with Crippen LogP contribution in [0.3, 0.4) is 0 Å². The molecule has 1 aliphatic heterocycles. The number of hydrogen-bond donors (Lipinski definition) is 3. The number of anilines is 1. The Morgan fingerprint density at radius 3 is 2.40 bits per heavy atom. The second-order valence-electron chi connectivity index (χ2n) is 7.54. The zero-order chi connectivity index (χ0) is 21.9. The van der Waals surface area contributed by atoms with Crippen LogP contribution in [0.1, 0.15) is 30.6 Å². The normalized spacial score (nSPS) is 15.3. The SMILES string of the molecule is COCCCN=C(Nc1ccc(C(=O)O)cc1)N1CCN(CC(=O)NC(C)C)CC1. The van der Waals surface area contributed by atoms with Crippen molar-refractivity contribution in [3.05, 3.63) is 29.8 Å². The summed E-state index contributed by atoms with van der Waals surface area (Å²) in [5.41, 5.74) is 1.02. The number of amides is 1. The van der Waals surface area contributed by atoms with Gasteiger partial charge in [-0.05, 0) is 44.5 Å². The van der Waals surface area contributed by atoms with Crippen LogP contribution in [0.15, 0.2) is 29.3 Å². The number of carbonyl (C=O) groups excluding carboxylic acids is 1. The first-order valence-electron chi connectivity index (χ1n) is 10.3. The first kappa shape index (κ1) is 23.6. The molecule has 1 aromatic carbocycles. The van der Waals surface area contributed by atoms with Crippen molar-refractivity contribution in [2.45, 2.75) is 26.3 Å². The van der Waals surface area contributed by atoms with E-state index in [2.05, 4.69) is 20.4 Å². The maximum Gasteiger partial charge on any atom is 0.335 e. The van der Waals surface area contributed by atoms with Crippen molar-refractivity contribution in [1.29, 1.82) is 0 Å². The third kappa shape index (κ3) is 8.00. The van der Waals surface area contributed by atoms with E-state index in [1.165, 1.54) is 0 Å². The molecule has 1 fully saturated rings. The molecule has 0 unspecified atom stereocenters. The van der Waals surface area contributed by atoms with Gasteiger partial charge in [-0.2, -0.15) is 0 Å². The van der Waals surface area contributed by atoms with Crippen LogP contribution in [0.2, 0.25) is 0 Å². The molecule has 166 valence electrons. The van der Waals surface area contributed by atoms with E-state index in [-0.39, 0.29) is 17.5 Å². The van der Waals surface area contributed by atoms with E-state index < -0.39 is 5.97 Å². The summed E-state index contributed by atoms with van der Waals surface area (Å²) < 4.78 is 5.10. The minimum Gasteiger partial charge on any atom is -0.478 e. The number of carboxylic acid groups (broad SMARTS) is 1. The molecule has 0 spiro atoms. The van der Waals surface area contributed by atoms with Gasteiger partial charge in [-0.1, -0.05) is 0 Å². The minimum absolute atomic E-state index is 0.0450. The van der Waals surface area contributed by atoms with Gasteiger partial charge in [0.1, 0.15) is 0 Å². The van der Waals surface area contributed by atoms with E-state index >= 15 is 0 Å². The number of ether oxygens (including phenoxy) is 1.